The van der Waals surface area contributed by atoms with Gasteiger partial charge in [-0.25, -0.2) is 4.79 Å². The number of benzene rings is 1. The smallest absolute Gasteiger partial charge is 0.331 e. The third-order valence-corrected chi connectivity index (χ3v) is 7.47. The number of rotatable bonds is 10. The van der Waals surface area contributed by atoms with E-state index in [1.165, 1.54) is 11.6 Å². The molecule has 7 heteroatoms. The van der Waals surface area contributed by atoms with Crippen LogP contribution in [0.2, 0.25) is 0 Å². The van der Waals surface area contributed by atoms with Crippen molar-refractivity contribution in [2.45, 2.75) is 89.5 Å². The zero-order valence-corrected chi connectivity index (χ0v) is 22.5. The SMILES string of the molecule is COc1ccc(/C=C/C(=O)O[C@@H]2CC[C@]3(CO3)[C@@H](C3(C)O[C@H]3CC=C(C)C)[C@@H]2OC)cc1OC(C)C. The molecule has 2 saturated heterocycles. The minimum Gasteiger partial charge on any atom is -0.493 e. The second kappa shape index (κ2) is 10.6. The lowest BCUT2D eigenvalue weighted by Crippen LogP contribution is -2.55. The third kappa shape index (κ3) is 5.63. The fraction of sp³-hybridized carbons (Fsp3) is 0.621. The molecule has 2 heterocycles. The minimum absolute atomic E-state index is 0.00146. The van der Waals surface area contributed by atoms with Gasteiger partial charge < -0.3 is 28.4 Å². The molecule has 0 bridgehead atoms. The van der Waals surface area contributed by atoms with Crippen molar-refractivity contribution in [2.75, 3.05) is 20.8 Å². The van der Waals surface area contributed by atoms with Crippen LogP contribution in [-0.2, 0) is 23.7 Å². The molecule has 1 saturated carbocycles. The fourth-order valence-corrected chi connectivity index (χ4v) is 5.57. The molecular formula is C29H40O7. The Hall–Kier alpha value is -2.35. The number of allylic oxidation sites excluding steroid dienone is 1. The molecule has 2 aliphatic heterocycles. The quantitative estimate of drug-likeness (QED) is 0.191. The lowest BCUT2D eigenvalue weighted by atomic mass is 9.68. The van der Waals surface area contributed by atoms with E-state index in [1.54, 1.807) is 20.3 Å². The zero-order valence-electron chi connectivity index (χ0n) is 22.5. The number of ether oxygens (including phenoxy) is 6. The topological polar surface area (TPSA) is 79.1 Å². The summed E-state index contributed by atoms with van der Waals surface area (Å²) in [5.41, 5.74) is 1.49. The summed E-state index contributed by atoms with van der Waals surface area (Å²) in [4.78, 5) is 12.8. The summed E-state index contributed by atoms with van der Waals surface area (Å²) < 4.78 is 35.3. The van der Waals surface area contributed by atoms with Crippen LogP contribution < -0.4 is 9.47 Å². The Morgan fingerprint density at radius 1 is 1.22 bits per heavy atom. The summed E-state index contributed by atoms with van der Waals surface area (Å²) in [5, 5.41) is 0. The first kappa shape index (κ1) is 26.7. The molecule has 36 heavy (non-hydrogen) atoms. The number of esters is 1. The van der Waals surface area contributed by atoms with Crippen molar-refractivity contribution in [3.8, 4) is 11.5 Å². The molecule has 0 amide bonds. The number of methoxy groups -OCH3 is 2. The third-order valence-electron chi connectivity index (χ3n) is 7.47. The van der Waals surface area contributed by atoms with Crippen molar-refractivity contribution in [3.63, 3.8) is 0 Å². The maximum Gasteiger partial charge on any atom is 0.331 e. The molecule has 1 unspecified atom stereocenters. The lowest BCUT2D eigenvalue weighted by molar-refractivity contribution is -0.166. The standard InChI is InChI=1S/C29H40O7/c1-18(2)8-12-24-28(5,36-24)27-26(32-7)22(14-15-29(27)17-33-29)35-25(30)13-10-20-9-11-21(31-6)23(16-20)34-19(3)4/h8-11,13,16,19,22,24,26-27H,12,14-15,17H2,1-7H3/b13-10+/t22-,24+,26-,27-,28?,29+/m1/s1. The highest BCUT2D eigenvalue weighted by Crippen LogP contribution is 2.59. The van der Waals surface area contributed by atoms with Crippen molar-refractivity contribution in [3.05, 3.63) is 41.5 Å². The van der Waals surface area contributed by atoms with Crippen molar-refractivity contribution < 1.29 is 33.2 Å². The first-order valence-electron chi connectivity index (χ1n) is 12.8. The number of carbonyl (C=O) groups excluding carboxylic acids is 1. The normalized spacial score (nSPS) is 33.0. The molecule has 198 valence electrons. The molecule has 0 aromatic heterocycles. The van der Waals surface area contributed by atoms with Crippen LogP contribution in [0, 0.1) is 5.92 Å². The average molecular weight is 501 g/mol. The highest BCUT2D eigenvalue weighted by molar-refractivity contribution is 5.87. The monoisotopic (exact) mass is 500 g/mol. The van der Waals surface area contributed by atoms with Crippen molar-refractivity contribution in [2.24, 2.45) is 5.92 Å². The Morgan fingerprint density at radius 2 is 1.97 bits per heavy atom. The van der Waals surface area contributed by atoms with Gasteiger partial charge in [0.05, 0.1) is 31.8 Å². The van der Waals surface area contributed by atoms with Crippen LogP contribution in [0.15, 0.2) is 35.9 Å². The van der Waals surface area contributed by atoms with Gasteiger partial charge in [0.2, 0.25) is 0 Å². The van der Waals surface area contributed by atoms with Gasteiger partial charge in [0.1, 0.15) is 23.4 Å². The molecule has 3 aliphatic rings. The van der Waals surface area contributed by atoms with E-state index in [0.29, 0.717) is 24.5 Å². The molecule has 1 aromatic rings. The fourth-order valence-electron chi connectivity index (χ4n) is 5.57. The van der Waals surface area contributed by atoms with Gasteiger partial charge in [-0.1, -0.05) is 17.7 Å². The van der Waals surface area contributed by atoms with Gasteiger partial charge in [-0.3, -0.25) is 0 Å². The van der Waals surface area contributed by atoms with Gasteiger partial charge in [0, 0.05) is 13.2 Å². The molecule has 7 nitrogen and oxygen atoms in total. The van der Waals surface area contributed by atoms with Crippen LogP contribution in [0.1, 0.15) is 59.4 Å². The number of carbonyl (C=O) groups is 1. The number of hydrogen-bond donors (Lipinski definition) is 0. The summed E-state index contributed by atoms with van der Waals surface area (Å²) in [6.45, 7) is 10.9. The van der Waals surface area contributed by atoms with E-state index in [9.17, 15) is 4.79 Å². The van der Waals surface area contributed by atoms with Crippen LogP contribution in [0.3, 0.4) is 0 Å². The lowest BCUT2D eigenvalue weighted by Gasteiger charge is -2.42. The molecule has 1 spiro atoms. The molecular weight excluding hydrogens is 460 g/mol. The van der Waals surface area contributed by atoms with E-state index in [4.69, 9.17) is 28.4 Å². The summed E-state index contributed by atoms with van der Waals surface area (Å²) in [6.07, 6.45) is 7.21. The predicted octanol–water partition coefficient (Wildman–Crippen LogP) is 5.12. The predicted molar refractivity (Wildman–Crippen MR) is 137 cm³/mol. The van der Waals surface area contributed by atoms with Crippen LogP contribution in [0.4, 0.5) is 0 Å². The molecule has 0 radical (unpaired) electrons. The van der Waals surface area contributed by atoms with Crippen LogP contribution in [0.5, 0.6) is 11.5 Å². The molecule has 0 N–H and O–H groups in total. The highest BCUT2D eigenvalue weighted by atomic mass is 16.6. The largest absolute Gasteiger partial charge is 0.493 e. The Kier molecular flexibility index (Phi) is 7.83. The van der Waals surface area contributed by atoms with Crippen molar-refractivity contribution >= 4 is 12.0 Å². The molecule has 4 rings (SSSR count). The second-order valence-electron chi connectivity index (χ2n) is 10.8. The highest BCUT2D eigenvalue weighted by Gasteiger charge is 2.72. The van der Waals surface area contributed by atoms with Crippen LogP contribution in [0.25, 0.3) is 6.08 Å². The Labute approximate surface area is 214 Å². The Bertz CT molecular complexity index is 1000. The van der Waals surface area contributed by atoms with Gasteiger partial charge in [-0.15, -0.1) is 0 Å². The average Bonchev–Trinajstić information content (AvgIpc) is 3.74. The summed E-state index contributed by atoms with van der Waals surface area (Å²) in [7, 11) is 3.28. The maximum atomic E-state index is 12.8. The Balaban J connectivity index is 1.44. The first-order valence-corrected chi connectivity index (χ1v) is 12.8. The van der Waals surface area contributed by atoms with E-state index >= 15 is 0 Å². The number of hydrogen-bond acceptors (Lipinski definition) is 7. The van der Waals surface area contributed by atoms with Crippen molar-refractivity contribution in [1.82, 2.24) is 0 Å². The molecule has 3 fully saturated rings. The minimum atomic E-state index is -0.404. The van der Waals surface area contributed by atoms with Crippen molar-refractivity contribution in [1.29, 1.82) is 0 Å². The van der Waals surface area contributed by atoms with E-state index in [0.717, 1.165) is 18.4 Å². The second-order valence-corrected chi connectivity index (χ2v) is 10.8. The maximum absolute atomic E-state index is 12.8. The molecule has 6 atom stereocenters. The molecule has 1 aliphatic carbocycles. The van der Waals surface area contributed by atoms with E-state index in [2.05, 4.69) is 26.8 Å². The van der Waals surface area contributed by atoms with Gasteiger partial charge in [0.15, 0.2) is 11.5 Å². The zero-order chi connectivity index (χ0) is 26.1. The number of epoxide rings is 2. The first-order chi connectivity index (χ1) is 17.1. The van der Waals surface area contributed by atoms with Gasteiger partial charge in [-0.05, 0) is 77.7 Å². The van der Waals surface area contributed by atoms with Gasteiger partial charge >= 0.3 is 5.97 Å². The molecule has 1 aromatic carbocycles. The summed E-state index contributed by atoms with van der Waals surface area (Å²) in [6, 6.07) is 5.55. The van der Waals surface area contributed by atoms with Gasteiger partial charge in [0.25, 0.3) is 0 Å². The van der Waals surface area contributed by atoms with E-state index in [1.807, 2.05) is 32.0 Å². The van der Waals surface area contributed by atoms with Crippen LogP contribution in [-0.4, -0.2) is 62.4 Å². The summed E-state index contributed by atoms with van der Waals surface area (Å²) >= 11 is 0. The Morgan fingerprint density at radius 3 is 2.58 bits per heavy atom. The van der Waals surface area contributed by atoms with E-state index in [-0.39, 0.29) is 41.5 Å². The van der Waals surface area contributed by atoms with Gasteiger partial charge in [-0.2, -0.15) is 0 Å². The summed E-state index contributed by atoms with van der Waals surface area (Å²) in [5.74, 6) is 0.874. The van der Waals surface area contributed by atoms with E-state index < -0.39 is 5.97 Å². The van der Waals surface area contributed by atoms with Crippen LogP contribution >= 0.6 is 0 Å².